The minimum atomic E-state index is 0.630. The Hall–Kier alpha value is -0.570. The van der Waals surface area contributed by atoms with Gasteiger partial charge in [0.15, 0.2) is 0 Å². The molecule has 0 radical (unpaired) electrons. The Morgan fingerprint density at radius 2 is 2.31 bits per heavy atom. The first-order valence-corrected chi connectivity index (χ1v) is 6.20. The van der Waals surface area contributed by atoms with E-state index in [4.69, 9.17) is 11.6 Å². The molecule has 1 heterocycles. The highest BCUT2D eigenvalue weighted by Crippen LogP contribution is 2.17. The molecule has 1 aromatic carbocycles. The maximum atomic E-state index is 6.10. The zero-order valence-electron chi connectivity index (χ0n) is 9.96. The highest BCUT2D eigenvalue weighted by Gasteiger charge is 2.18. The summed E-state index contributed by atoms with van der Waals surface area (Å²) in [6, 6.07) is 6.92. The fourth-order valence-corrected chi connectivity index (χ4v) is 2.31. The minimum absolute atomic E-state index is 0.630. The number of rotatable bonds is 3. The molecule has 0 saturated carbocycles. The molecule has 2 nitrogen and oxygen atoms in total. The van der Waals surface area contributed by atoms with E-state index in [-0.39, 0.29) is 0 Å². The van der Waals surface area contributed by atoms with E-state index in [1.807, 2.05) is 6.92 Å². The van der Waals surface area contributed by atoms with Gasteiger partial charge < -0.3 is 10.2 Å². The number of likely N-dealkylation sites (N-methyl/N-ethyl adjacent to an activating group) is 1. The monoisotopic (exact) mass is 238 g/mol. The average Bonchev–Trinajstić information content (AvgIpc) is 2.66. The van der Waals surface area contributed by atoms with Crippen LogP contribution in [0.25, 0.3) is 0 Å². The molecule has 0 bridgehead atoms. The Morgan fingerprint density at radius 3 is 2.94 bits per heavy atom. The first-order chi connectivity index (χ1) is 7.65. The van der Waals surface area contributed by atoms with Crippen molar-refractivity contribution in [1.29, 1.82) is 0 Å². The Balaban J connectivity index is 1.87. The summed E-state index contributed by atoms with van der Waals surface area (Å²) in [6.07, 6.45) is 1.25. The number of benzene rings is 1. The number of nitrogens with zero attached hydrogens (tertiary/aromatic N) is 1. The normalized spacial score (nSPS) is 21.6. The van der Waals surface area contributed by atoms with E-state index in [0.717, 1.165) is 23.7 Å². The molecule has 0 aliphatic carbocycles. The van der Waals surface area contributed by atoms with Crippen molar-refractivity contribution in [3.8, 4) is 0 Å². The van der Waals surface area contributed by atoms with E-state index in [9.17, 15) is 0 Å². The van der Waals surface area contributed by atoms with Gasteiger partial charge in [-0.05, 0) is 44.1 Å². The Labute approximate surface area is 103 Å². The molecule has 3 heteroatoms. The molecule has 1 aliphatic heterocycles. The molecular weight excluding hydrogens is 220 g/mol. The zero-order chi connectivity index (χ0) is 11.5. The van der Waals surface area contributed by atoms with Gasteiger partial charge in [0.25, 0.3) is 0 Å². The van der Waals surface area contributed by atoms with Crippen molar-refractivity contribution in [3.05, 3.63) is 34.3 Å². The molecule has 1 fully saturated rings. The van der Waals surface area contributed by atoms with Gasteiger partial charge in [0.2, 0.25) is 0 Å². The standard InChI is InChI=1S/C13H19ClN2/c1-10-3-4-11(7-13(10)14)8-15-12-5-6-16(2)9-12/h3-4,7,12,15H,5-6,8-9H2,1-2H3. The zero-order valence-corrected chi connectivity index (χ0v) is 10.7. The molecule has 0 aromatic heterocycles. The average molecular weight is 239 g/mol. The van der Waals surface area contributed by atoms with E-state index in [0.29, 0.717) is 6.04 Å². The summed E-state index contributed by atoms with van der Waals surface area (Å²) in [5.41, 5.74) is 2.41. The second-order valence-corrected chi connectivity index (χ2v) is 5.12. The third-order valence-corrected chi connectivity index (χ3v) is 3.63. The molecule has 1 saturated heterocycles. The van der Waals surface area contributed by atoms with Crippen LogP contribution < -0.4 is 5.32 Å². The number of halogens is 1. The van der Waals surface area contributed by atoms with E-state index in [2.05, 4.69) is 35.5 Å². The molecule has 1 unspecified atom stereocenters. The largest absolute Gasteiger partial charge is 0.309 e. The van der Waals surface area contributed by atoms with Crippen LogP contribution in [-0.4, -0.2) is 31.1 Å². The molecule has 0 spiro atoms. The highest BCUT2D eigenvalue weighted by molar-refractivity contribution is 6.31. The Bertz CT molecular complexity index is 365. The van der Waals surface area contributed by atoms with Crippen molar-refractivity contribution < 1.29 is 0 Å². The van der Waals surface area contributed by atoms with Gasteiger partial charge in [-0.2, -0.15) is 0 Å². The predicted octanol–water partition coefficient (Wildman–Crippen LogP) is 2.44. The first kappa shape index (κ1) is 11.9. The quantitative estimate of drug-likeness (QED) is 0.870. The van der Waals surface area contributed by atoms with Crippen LogP contribution in [0.4, 0.5) is 0 Å². The van der Waals surface area contributed by atoms with Gasteiger partial charge in [-0.25, -0.2) is 0 Å². The van der Waals surface area contributed by atoms with E-state index >= 15 is 0 Å². The van der Waals surface area contributed by atoms with Crippen LogP contribution in [0.1, 0.15) is 17.5 Å². The predicted molar refractivity (Wildman–Crippen MR) is 68.9 cm³/mol. The number of hydrogen-bond acceptors (Lipinski definition) is 2. The third-order valence-electron chi connectivity index (χ3n) is 3.22. The number of aryl methyl sites for hydroxylation is 1. The lowest BCUT2D eigenvalue weighted by Gasteiger charge is -2.13. The van der Waals surface area contributed by atoms with Crippen LogP contribution >= 0.6 is 11.6 Å². The number of nitrogens with one attached hydrogen (secondary N) is 1. The second kappa shape index (κ2) is 5.17. The van der Waals surface area contributed by atoms with Crippen molar-refractivity contribution in [2.75, 3.05) is 20.1 Å². The van der Waals surface area contributed by atoms with Crippen LogP contribution in [-0.2, 0) is 6.54 Å². The van der Waals surface area contributed by atoms with Gasteiger partial charge in [-0.1, -0.05) is 23.7 Å². The van der Waals surface area contributed by atoms with Gasteiger partial charge in [-0.3, -0.25) is 0 Å². The van der Waals surface area contributed by atoms with Crippen LogP contribution in [0.15, 0.2) is 18.2 Å². The van der Waals surface area contributed by atoms with Crippen LogP contribution in [0.3, 0.4) is 0 Å². The molecule has 1 aromatic rings. The molecular formula is C13H19ClN2. The summed E-state index contributed by atoms with van der Waals surface area (Å²) < 4.78 is 0. The molecule has 0 amide bonds. The lowest BCUT2D eigenvalue weighted by Crippen LogP contribution is -2.30. The van der Waals surface area contributed by atoms with Crippen LogP contribution in [0, 0.1) is 6.92 Å². The van der Waals surface area contributed by atoms with Crippen molar-refractivity contribution in [2.24, 2.45) is 0 Å². The van der Waals surface area contributed by atoms with Gasteiger partial charge in [-0.15, -0.1) is 0 Å². The van der Waals surface area contributed by atoms with Gasteiger partial charge in [0.05, 0.1) is 0 Å². The van der Waals surface area contributed by atoms with Crippen molar-refractivity contribution in [2.45, 2.75) is 25.9 Å². The van der Waals surface area contributed by atoms with Crippen molar-refractivity contribution >= 4 is 11.6 Å². The fourth-order valence-electron chi connectivity index (χ4n) is 2.11. The summed E-state index contributed by atoms with van der Waals surface area (Å²) in [5, 5.41) is 4.44. The number of hydrogen-bond donors (Lipinski definition) is 1. The summed E-state index contributed by atoms with van der Waals surface area (Å²) in [4.78, 5) is 2.36. The lowest BCUT2D eigenvalue weighted by atomic mass is 10.1. The van der Waals surface area contributed by atoms with Crippen molar-refractivity contribution in [1.82, 2.24) is 10.2 Å². The van der Waals surface area contributed by atoms with Crippen LogP contribution in [0.2, 0.25) is 5.02 Å². The molecule has 1 aliphatic rings. The number of likely N-dealkylation sites (tertiary alicyclic amines) is 1. The van der Waals surface area contributed by atoms with Gasteiger partial charge in [0, 0.05) is 24.2 Å². The summed E-state index contributed by atoms with van der Waals surface area (Å²) in [5.74, 6) is 0. The maximum Gasteiger partial charge on any atom is 0.0438 e. The summed E-state index contributed by atoms with van der Waals surface area (Å²) >= 11 is 6.10. The SMILES string of the molecule is Cc1ccc(CNC2CCN(C)C2)cc1Cl. The van der Waals surface area contributed by atoms with E-state index in [1.54, 1.807) is 0 Å². The molecule has 1 N–H and O–H groups in total. The smallest absolute Gasteiger partial charge is 0.0438 e. The Morgan fingerprint density at radius 1 is 1.50 bits per heavy atom. The van der Waals surface area contributed by atoms with Gasteiger partial charge in [0.1, 0.15) is 0 Å². The van der Waals surface area contributed by atoms with Gasteiger partial charge >= 0.3 is 0 Å². The minimum Gasteiger partial charge on any atom is -0.309 e. The third kappa shape index (κ3) is 2.97. The maximum absolute atomic E-state index is 6.10. The lowest BCUT2D eigenvalue weighted by molar-refractivity contribution is 0.397. The topological polar surface area (TPSA) is 15.3 Å². The van der Waals surface area contributed by atoms with E-state index in [1.165, 1.54) is 18.5 Å². The highest BCUT2D eigenvalue weighted by atomic mass is 35.5. The first-order valence-electron chi connectivity index (χ1n) is 5.82. The Kier molecular flexibility index (Phi) is 3.85. The molecule has 1 atom stereocenters. The van der Waals surface area contributed by atoms with Crippen LogP contribution in [0.5, 0.6) is 0 Å². The second-order valence-electron chi connectivity index (χ2n) is 4.71. The fraction of sp³-hybridized carbons (Fsp3) is 0.538. The van der Waals surface area contributed by atoms with E-state index < -0.39 is 0 Å². The summed E-state index contributed by atoms with van der Waals surface area (Å²) in [6.45, 7) is 5.30. The molecule has 16 heavy (non-hydrogen) atoms. The molecule has 88 valence electrons. The molecule has 2 rings (SSSR count). The summed E-state index contributed by atoms with van der Waals surface area (Å²) in [7, 11) is 2.17. The van der Waals surface area contributed by atoms with Crippen molar-refractivity contribution in [3.63, 3.8) is 0 Å².